The number of aryl methyl sites for hydroxylation is 3. The van der Waals surface area contributed by atoms with Crippen LogP contribution in [-0.4, -0.2) is 14.8 Å². The van der Waals surface area contributed by atoms with Gasteiger partial charge < -0.3 is 0 Å². The molecule has 0 spiro atoms. The third kappa shape index (κ3) is 1.06. The summed E-state index contributed by atoms with van der Waals surface area (Å²) in [4.78, 5) is 4.34. The highest BCUT2D eigenvalue weighted by Crippen LogP contribution is 2.18. The van der Waals surface area contributed by atoms with Crippen molar-refractivity contribution in [2.24, 2.45) is 7.05 Å². The molecule has 0 aliphatic heterocycles. The number of hydrogen-bond donors (Lipinski definition) is 0. The van der Waals surface area contributed by atoms with Crippen LogP contribution in [0.5, 0.6) is 0 Å². The largest absolute Gasteiger partial charge is 0.250 e. The second kappa shape index (κ2) is 2.81. The van der Waals surface area contributed by atoms with Crippen LogP contribution in [0.4, 0.5) is 0 Å². The van der Waals surface area contributed by atoms with Crippen molar-refractivity contribution in [1.29, 1.82) is 5.26 Å². The maximum absolute atomic E-state index is 8.86. The van der Waals surface area contributed by atoms with Gasteiger partial charge in [-0.15, -0.1) is 0 Å². The second-order valence-corrected chi connectivity index (χ2v) is 3.31. The van der Waals surface area contributed by atoms with E-state index in [1.807, 2.05) is 27.0 Å². The molecule has 0 bridgehead atoms. The monoisotopic (exact) mass is 186 g/mol. The van der Waals surface area contributed by atoms with Crippen molar-refractivity contribution in [2.45, 2.75) is 13.8 Å². The maximum Gasteiger partial charge on any atom is 0.158 e. The zero-order valence-corrected chi connectivity index (χ0v) is 8.37. The number of rotatable bonds is 0. The third-order valence-electron chi connectivity index (χ3n) is 2.31. The highest BCUT2D eigenvalue weighted by molar-refractivity contribution is 5.79. The number of fused-ring (bicyclic) bond motifs is 1. The Morgan fingerprint density at radius 1 is 1.36 bits per heavy atom. The molecular formula is C10H10N4. The quantitative estimate of drug-likeness (QED) is 0.625. The summed E-state index contributed by atoms with van der Waals surface area (Å²) in [6.45, 7) is 3.75. The molecule has 0 saturated heterocycles. The molecule has 0 fully saturated rings. The van der Waals surface area contributed by atoms with Gasteiger partial charge in [0.2, 0.25) is 0 Å². The number of pyridine rings is 1. The Balaban J connectivity index is 2.91. The smallest absolute Gasteiger partial charge is 0.158 e. The van der Waals surface area contributed by atoms with Crippen LogP contribution in [0.25, 0.3) is 11.0 Å². The molecule has 0 amide bonds. The Morgan fingerprint density at radius 3 is 2.71 bits per heavy atom. The minimum Gasteiger partial charge on any atom is -0.250 e. The molecule has 0 N–H and O–H groups in total. The first kappa shape index (κ1) is 8.70. The highest BCUT2D eigenvalue weighted by Gasteiger charge is 2.09. The van der Waals surface area contributed by atoms with Gasteiger partial charge in [0.05, 0.1) is 17.0 Å². The Morgan fingerprint density at radius 2 is 2.07 bits per heavy atom. The Labute approximate surface area is 81.8 Å². The number of nitrogens with zero attached hydrogens (tertiary/aromatic N) is 4. The lowest BCUT2D eigenvalue weighted by atomic mass is 10.1. The molecule has 0 saturated carbocycles. The SMILES string of the molecule is Cc1nc2c(cc1C#N)c(C)nn2C. The summed E-state index contributed by atoms with van der Waals surface area (Å²) >= 11 is 0. The first-order valence-electron chi connectivity index (χ1n) is 4.34. The van der Waals surface area contributed by atoms with E-state index in [1.165, 1.54) is 0 Å². The molecule has 14 heavy (non-hydrogen) atoms. The van der Waals surface area contributed by atoms with Gasteiger partial charge in [-0.25, -0.2) is 4.98 Å². The molecule has 0 aliphatic carbocycles. The number of hydrogen-bond acceptors (Lipinski definition) is 3. The Hall–Kier alpha value is -1.89. The zero-order valence-electron chi connectivity index (χ0n) is 8.37. The van der Waals surface area contributed by atoms with E-state index in [9.17, 15) is 0 Å². The Kier molecular flexibility index (Phi) is 1.74. The molecule has 2 heterocycles. The molecule has 4 nitrogen and oxygen atoms in total. The van der Waals surface area contributed by atoms with E-state index in [-0.39, 0.29) is 0 Å². The average Bonchev–Trinajstić information content (AvgIpc) is 2.41. The van der Waals surface area contributed by atoms with Crippen molar-refractivity contribution in [3.63, 3.8) is 0 Å². The van der Waals surface area contributed by atoms with Gasteiger partial charge in [-0.3, -0.25) is 4.68 Å². The van der Waals surface area contributed by atoms with Gasteiger partial charge in [-0.2, -0.15) is 10.4 Å². The fourth-order valence-corrected chi connectivity index (χ4v) is 1.54. The van der Waals surface area contributed by atoms with Crippen LogP contribution in [0.1, 0.15) is 17.0 Å². The molecule has 2 rings (SSSR count). The molecule has 0 aromatic carbocycles. The van der Waals surface area contributed by atoms with Crippen LogP contribution in [0.3, 0.4) is 0 Å². The van der Waals surface area contributed by atoms with Gasteiger partial charge in [-0.1, -0.05) is 0 Å². The van der Waals surface area contributed by atoms with Crippen LogP contribution in [-0.2, 0) is 7.05 Å². The van der Waals surface area contributed by atoms with E-state index in [4.69, 9.17) is 5.26 Å². The molecule has 0 unspecified atom stereocenters. The number of nitriles is 1. The molecule has 0 aliphatic rings. The van der Waals surface area contributed by atoms with Crippen molar-refractivity contribution in [2.75, 3.05) is 0 Å². The minimum absolute atomic E-state index is 0.619. The van der Waals surface area contributed by atoms with Crippen molar-refractivity contribution in [1.82, 2.24) is 14.8 Å². The first-order chi connectivity index (χ1) is 6.63. The number of aromatic nitrogens is 3. The summed E-state index contributed by atoms with van der Waals surface area (Å²) in [7, 11) is 1.85. The lowest BCUT2D eigenvalue weighted by molar-refractivity contribution is 0.772. The zero-order chi connectivity index (χ0) is 10.3. The fourth-order valence-electron chi connectivity index (χ4n) is 1.54. The van der Waals surface area contributed by atoms with E-state index in [0.717, 1.165) is 22.4 Å². The van der Waals surface area contributed by atoms with Gasteiger partial charge in [0.15, 0.2) is 5.65 Å². The van der Waals surface area contributed by atoms with E-state index in [2.05, 4.69) is 16.2 Å². The third-order valence-corrected chi connectivity index (χ3v) is 2.31. The van der Waals surface area contributed by atoms with E-state index < -0.39 is 0 Å². The summed E-state index contributed by atoms with van der Waals surface area (Å²) in [6, 6.07) is 3.97. The summed E-state index contributed by atoms with van der Waals surface area (Å²) in [5, 5.41) is 14.1. The van der Waals surface area contributed by atoms with Gasteiger partial charge in [0.1, 0.15) is 6.07 Å². The summed E-state index contributed by atoms with van der Waals surface area (Å²) < 4.78 is 1.73. The van der Waals surface area contributed by atoms with Crippen LogP contribution in [0, 0.1) is 25.2 Å². The average molecular weight is 186 g/mol. The predicted octanol–water partition coefficient (Wildman–Crippen LogP) is 1.46. The lowest BCUT2D eigenvalue weighted by Gasteiger charge is -1.97. The van der Waals surface area contributed by atoms with Crippen LogP contribution in [0.2, 0.25) is 0 Å². The minimum atomic E-state index is 0.619. The normalized spacial score (nSPS) is 10.4. The lowest BCUT2D eigenvalue weighted by Crippen LogP contribution is -1.94. The fraction of sp³-hybridized carbons (Fsp3) is 0.300. The summed E-state index contributed by atoms with van der Waals surface area (Å²) in [5.41, 5.74) is 3.11. The van der Waals surface area contributed by atoms with Crippen molar-refractivity contribution < 1.29 is 0 Å². The van der Waals surface area contributed by atoms with Crippen molar-refractivity contribution >= 4 is 11.0 Å². The predicted molar refractivity (Wildman–Crippen MR) is 52.7 cm³/mol. The van der Waals surface area contributed by atoms with Crippen molar-refractivity contribution in [3.05, 3.63) is 23.0 Å². The molecule has 70 valence electrons. The van der Waals surface area contributed by atoms with Crippen LogP contribution in [0.15, 0.2) is 6.07 Å². The van der Waals surface area contributed by atoms with E-state index >= 15 is 0 Å². The topological polar surface area (TPSA) is 54.5 Å². The van der Waals surface area contributed by atoms with Gasteiger partial charge in [0.25, 0.3) is 0 Å². The second-order valence-electron chi connectivity index (χ2n) is 3.31. The Bertz CT molecular complexity index is 545. The molecule has 2 aromatic rings. The van der Waals surface area contributed by atoms with E-state index in [1.54, 1.807) is 4.68 Å². The summed E-state index contributed by atoms with van der Waals surface area (Å²) in [5.74, 6) is 0. The van der Waals surface area contributed by atoms with Gasteiger partial charge in [-0.05, 0) is 19.9 Å². The van der Waals surface area contributed by atoms with Crippen LogP contribution >= 0.6 is 0 Å². The first-order valence-corrected chi connectivity index (χ1v) is 4.34. The van der Waals surface area contributed by atoms with Gasteiger partial charge in [0, 0.05) is 12.4 Å². The maximum atomic E-state index is 8.86. The molecule has 2 aromatic heterocycles. The molecule has 4 heteroatoms. The summed E-state index contributed by atoms with van der Waals surface area (Å²) in [6.07, 6.45) is 0. The van der Waals surface area contributed by atoms with E-state index in [0.29, 0.717) is 5.56 Å². The highest BCUT2D eigenvalue weighted by atomic mass is 15.3. The van der Waals surface area contributed by atoms with Gasteiger partial charge >= 0.3 is 0 Å². The molecule has 0 atom stereocenters. The molecule has 0 radical (unpaired) electrons. The van der Waals surface area contributed by atoms with Crippen LogP contribution < -0.4 is 0 Å². The van der Waals surface area contributed by atoms with Crippen molar-refractivity contribution in [3.8, 4) is 6.07 Å². The molecular weight excluding hydrogens is 176 g/mol. The standard InChI is InChI=1S/C10H10N4/c1-6-8(5-11)4-9-7(2)13-14(3)10(9)12-6/h4H,1-3H3.